The number of nitrogens with zero attached hydrogens (tertiary/aromatic N) is 1. The number of ether oxygens (including phenoxy) is 2. The number of carbonyl (C=O) groups excluding carboxylic acids is 3. The van der Waals surface area contributed by atoms with E-state index in [-0.39, 0.29) is 43.2 Å². The second kappa shape index (κ2) is 7.99. The highest BCUT2D eigenvalue weighted by Gasteiger charge is 2.33. The summed E-state index contributed by atoms with van der Waals surface area (Å²) in [6.07, 6.45) is 0.745. The zero-order valence-corrected chi connectivity index (χ0v) is 14.2. The second-order valence-corrected chi connectivity index (χ2v) is 6.33. The first-order valence-corrected chi connectivity index (χ1v) is 7.77. The van der Waals surface area contributed by atoms with E-state index in [1.165, 1.54) is 0 Å². The number of Topliss-reactive ketones (excluding diaryl/α,β-unsaturated/α-hetero) is 1. The van der Waals surface area contributed by atoms with Gasteiger partial charge < -0.3 is 14.6 Å². The van der Waals surface area contributed by atoms with E-state index in [2.05, 4.69) is 0 Å². The molecule has 1 aliphatic heterocycles. The van der Waals surface area contributed by atoms with E-state index >= 15 is 0 Å². The average molecular weight is 327 g/mol. The summed E-state index contributed by atoms with van der Waals surface area (Å²) >= 11 is 0. The number of rotatable bonds is 2. The summed E-state index contributed by atoms with van der Waals surface area (Å²) in [6.45, 7) is 6.41. The molecule has 0 bridgehead atoms. The molecule has 0 saturated carbocycles. The second-order valence-electron chi connectivity index (χ2n) is 6.33. The van der Waals surface area contributed by atoms with Gasteiger partial charge in [-0.05, 0) is 40.5 Å². The molecule has 0 fully saturated rings. The van der Waals surface area contributed by atoms with E-state index in [0.29, 0.717) is 12.8 Å². The highest BCUT2D eigenvalue weighted by molar-refractivity contribution is 5.95. The molecule has 0 saturated heterocycles. The molecule has 7 nitrogen and oxygen atoms in total. The van der Waals surface area contributed by atoms with Crippen molar-refractivity contribution in [3.05, 3.63) is 11.5 Å². The first-order chi connectivity index (χ1) is 10.7. The van der Waals surface area contributed by atoms with Gasteiger partial charge in [0.05, 0.1) is 13.2 Å². The van der Waals surface area contributed by atoms with Crippen molar-refractivity contribution in [2.75, 3.05) is 13.2 Å². The largest absolute Gasteiger partial charge is 0.510 e. The Balaban J connectivity index is 3.23. The molecule has 1 heterocycles. The van der Waals surface area contributed by atoms with E-state index in [4.69, 9.17) is 9.47 Å². The molecule has 1 amide bonds. The van der Waals surface area contributed by atoms with Gasteiger partial charge in [0.15, 0.2) is 11.5 Å². The lowest BCUT2D eigenvalue weighted by Gasteiger charge is -2.28. The van der Waals surface area contributed by atoms with Gasteiger partial charge in [-0.15, -0.1) is 0 Å². The first kappa shape index (κ1) is 19.0. The Morgan fingerprint density at radius 1 is 1.22 bits per heavy atom. The highest BCUT2D eigenvalue weighted by atomic mass is 16.6. The SMILES string of the molecule is CCOC(=O)/C1=C(\O)CCCCC(=O)CN1C(=O)OC(C)(C)C. The summed E-state index contributed by atoms with van der Waals surface area (Å²) in [5.74, 6) is -1.30. The van der Waals surface area contributed by atoms with Crippen LogP contribution in [0.4, 0.5) is 4.79 Å². The van der Waals surface area contributed by atoms with Gasteiger partial charge in [-0.2, -0.15) is 0 Å². The molecule has 0 aromatic heterocycles. The van der Waals surface area contributed by atoms with Crippen LogP contribution in [0.3, 0.4) is 0 Å². The van der Waals surface area contributed by atoms with Crippen molar-refractivity contribution in [1.82, 2.24) is 4.90 Å². The number of allylic oxidation sites excluding steroid dienone is 1. The maximum atomic E-state index is 12.4. The molecule has 0 aromatic rings. The van der Waals surface area contributed by atoms with E-state index in [1.54, 1.807) is 27.7 Å². The van der Waals surface area contributed by atoms with Crippen LogP contribution in [0.1, 0.15) is 53.4 Å². The van der Waals surface area contributed by atoms with Gasteiger partial charge in [-0.3, -0.25) is 9.69 Å². The Morgan fingerprint density at radius 3 is 2.39 bits per heavy atom. The highest BCUT2D eigenvalue weighted by Crippen LogP contribution is 2.22. The number of hydrogen-bond donors (Lipinski definition) is 1. The molecule has 0 aromatic carbocycles. The normalized spacial score (nSPS) is 20.3. The van der Waals surface area contributed by atoms with Crippen LogP contribution >= 0.6 is 0 Å². The van der Waals surface area contributed by atoms with E-state index in [0.717, 1.165) is 4.90 Å². The molecule has 1 rings (SSSR count). The van der Waals surface area contributed by atoms with Crippen LogP contribution in [-0.2, 0) is 19.1 Å². The summed E-state index contributed by atoms with van der Waals surface area (Å²) in [5.41, 5.74) is -1.11. The van der Waals surface area contributed by atoms with Gasteiger partial charge in [0.2, 0.25) is 0 Å². The molecular weight excluding hydrogens is 302 g/mol. The Hall–Kier alpha value is -2.05. The summed E-state index contributed by atoms with van der Waals surface area (Å²) in [6, 6.07) is 0. The summed E-state index contributed by atoms with van der Waals surface area (Å²) in [4.78, 5) is 37.4. The Morgan fingerprint density at radius 2 is 1.83 bits per heavy atom. The van der Waals surface area contributed by atoms with Crippen LogP contribution in [0, 0.1) is 0 Å². The van der Waals surface area contributed by atoms with Crippen molar-refractivity contribution in [3.8, 4) is 0 Å². The third kappa shape index (κ3) is 5.92. The smallest absolute Gasteiger partial charge is 0.415 e. The van der Waals surface area contributed by atoms with Crippen LogP contribution in [0.15, 0.2) is 11.5 Å². The number of carbonyl (C=O) groups is 3. The summed E-state index contributed by atoms with van der Waals surface area (Å²) < 4.78 is 10.2. The molecule has 0 aliphatic carbocycles. The van der Waals surface area contributed by atoms with Crippen molar-refractivity contribution in [1.29, 1.82) is 0 Å². The maximum Gasteiger partial charge on any atom is 0.415 e. The van der Waals surface area contributed by atoms with Crippen molar-refractivity contribution in [2.45, 2.75) is 59.0 Å². The minimum Gasteiger partial charge on any atom is -0.510 e. The lowest BCUT2D eigenvalue weighted by atomic mass is 10.1. The summed E-state index contributed by atoms with van der Waals surface area (Å²) in [5, 5.41) is 10.2. The van der Waals surface area contributed by atoms with Gasteiger partial charge in [0.1, 0.15) is 11.4 Å². The van der Waals surface area contributed by atoms with E-state index in [9.17, 15) is 19.5 Å². The number of hydrogen-bond acceptors (Lipinski definition) is 6. The third-order valence-electron chi connectivity index (χ3n) is 3.08. The average Bonchev–Trinajstić information content (AvgIpc) is 2.47. The zero-order chi connectivity index (χ0) is 17.6. The molecule has 0 spiro atoms. The third-order valence-corrected chi connectivity index (χ3v) is 3.08. The minimum atomic E-state index is -0.859. The molecule has 0 unspecified atom stereocenters. The fourth-order valence-corrected chi connectivity index (χ4v) is 2.12. The topological polar surface area (TPSA) is 93.1 Å². The van der Waals surface area contributed by atoms with Gasteiger partial charge >= 0.3 is 12.1 Å². The van der Waals surface area contributed by atoms with E-state index in [1.807, 2.05) is 0 Å². The number of amides is 1. The van der Waals surface area contributed by atoms with E-state index < -0.39 is 17.7 Å². The fourth-order valence-electron chi connectivity index (χ4n) is 2.12. The van der Waals surface area contributed by atoms with Gasteiger partial charge in [0.25, 0.3) is 0 Å². The predicted molar refractivity (Wildman–Crippen MR) is 82.7 cm³/mol. The maximum absolute atomic E-state index is 12.4. The number of aliphatic hydroxyl groups excluding tert-OH is 1. The first-order valence-electron chi connectivity index (χ1n) is 7.77. The Kier molecular flexibility index (Phi) is 6.60. The van der Waals surface area contributed by atoms with Gasteiger partial charge in [-0.1, -0.05) is 0 Å². The lowest BCUT2D eigenvalue weighted by molar-refractivity contribution is -0.140. The van der Waals surface area contributed by atoms with Crippen LogP contribution in [0.2, 0.25) is 0 Å². The molecular formula is C16H25NO6. The predicted octanol–water partition coefficient (Wildman–Crippen LogP) is 2.70. The monoisotopic (exact) mass is 327 g/mol. The number of aliphatic hydroxyl groups is 1. The number of esters is 1. The molecule has 0 atom stereocenters. The Labute approximate surface area is 136 Å². The molecule has 7 heteroatoms. The van der Waals surface area contributed by atoms with Gasteiger partial charge in [0, 0.05) is 12.8 Å². The minimum absolute atomic E-state index is 0.0890. The van der Waals surface area contributed by atoms with Crippen molar-refractivity contribution >= 4 is 17.8 Å². The van der Waals surface area contributed by atoms with Crippen LogP contribution in [0.5, 0.6) is 0 Å². The standard InChI is InChI=1S/C16H25NO6/c1-5-22-14(20)13-12(19)9-7-6-8-11(18)10-17(13)15(21)23-16(2,3)4/h19H,5-10H2,1-4H3/b13-12+. The molecule has 1 aliphatic rings. The molecule has 0 radical (unpaired) electrons. The molecule has 1 N–H and O–H groups in total. The number of ketones is 1. The molecule has 130 valence electrons. The Bertz CT molecular complexity index is 503. The quantitative estimate of drug-likeness (QED) is 0.784. The lowest BCUT2D eigenvalue weighted by Crippen LogP contribution is -2.42. The fraction of sp³-hybridized carbons (Fsp3) is 0.688. The van der Waals surface area contributed by atoms with Crippen molar-refractivity contribution < 1.29 is 29.0 Å². The van der Waals surface area contributed by atoms with Gasteiger partial charge in [-0.25, -0.2) is 9.59 Å². The zero-order valence-electron chi connectivity index (χ0n) is 14.2. The molecule has 23 heavy (non-hydrogen) atoms. The van der Waals surface area contributed by atoms with Crippen LogP contribution < -0.4 is 0 Å². The van der Waals surface area contributed by atoms with Crippen LogP contribution in [0.25, 0.3) is 0 Å². The van der Waals surface area contributed by atoms with Crippen molar-refractivity contribution in [3.63, 3.8) is 0 Å². The van der Waals surface area contributed by atoms with Crippen LogP contribution in [-0.4, -0.2) is 46.6 Å². The van der Waals surface area contributed by atoms with Crippen molar-refractivity contribution in [2.24, 2.45) is 0 Å². The summed E-state index contributed by atoms with van der Waals surface area (Å²) in [7, 11) is 0.